The van der Waals surface area contributed by atoms with Crippen molar-refractivity contribution in [2.24, 2.45) is 0 Å². The van der Waals surface area contributed by atoms with Crippen LogP contribution < -0.4 is 5.73 Å². The van der Waals surface area contributed by atoms with Crippen molar-refractivity contribution in [3.63, 3.8) is 0 Å². The Balaban J connectivity index is 2.28. The maximum Gasteiger partial charge on any atom is 0.0865 e. The van der Waals surface area contributed by atoms with Gasteiger partial charge in [-0.15, -0.1) is 22.7 Å². The molecule has 1 nitrogen and oxygen atoms in total. The van der Waals surface area contributed by atoms with Gasteiger partial charge >= 0.3 is 0 Å². The van der Waals surface area contributed by atoms with Gasteiger partial charge in [0.25, 0.3) is 0 Å². The van der Waals surface area contributed by atoms with Gasteiger partial charge in [-0.3, -0.25) is 0 Å². The van der Waals surface area contributed by atoms with E-state index >= 15 is 0 Å². The van der Waals surface area contributed by atoms with Crippen LogP contribution in [0, 0.1) is 6.92 Å². The van der Waals surface area contributed by atoms with E-state index in [0.29, 0.717) is 0 Å². The molecule has 0 amide bonds. The summed E-state index contributed by atoms with van der Waals surface area (Å²) in [5.41, 5.74) is 8.57. The number of nitrogens with two attached hydrogens (primary N) is 1. The van der Waals surface area contributed by atoms with Gasteiger partial charge in [0, 0.05) is 21.1 Å². The number of hydrogen-bond acceptors (Lipinski definition) is 3. The summed E-state index contributed by atoms with van der Waals surface area (Å²) in [5, 5.41) is 0.944. The molecule has 0 saturated carbocycles. The van der Waals surface area contributed by atoms with Crippen LogP contribution in [0.3, 0.4) is 0 Å². The van der Waals surface area contributed by atoms with Gasteiger partial charge in [-0.2, -0.15) is 0 Å². The number of hydrogen-bond donors (Lipinski definition) is 1. The number of anilines is 1. The minimum atomic E-state index is 0.944. The molecule has 0 unspecified atom stereocenters. The molecule has 66 valence electrons. The Labute approximate surface area is 84.8 Å². The first-order valence-corrected chi connectivity index (χ1v) is 5.85. The van der Waals surface area contributed by atoms with Gasteiger partial charge in [0.05, 0.1) is 5.00 Å². The van der Waals surface area contributed by atoms with Crippen molar-refractivity contribution in [1.82, 2.24) is 0 Å². The highest BCUT2D eigenvalue weighted by Gasteiger charge is 2.22. The summed E-state index contributed by atoms with van der Waals surface area (Å²) in [7, 11) is 0. The molecule has 0 fully saturated rings. The quantitative estimate of drug-likeness (QED) is 0.601. The summed E-state index contributed by atoms with van der Waals surface area (Å²) in [6.07, 6.45) is 1.10. The molecule has 0 aromatic carbocycles. The van der Waals surface area contributed by atoms with Crippen LogP contribution in [0.25, 0.3) is 11.1 Å². The first-order valence-electron chi connectivity index (χ1n) is 4.22. The SMILES string of the molecule is Cc1cc2c(s1)Cc1sc(N)cc1-2. The number of nitrogen functional groups attached to an aromatic ring is 1. The average Bonchev–Trinajstić information content (AvgIpc) is 2.60. The van der Waals surface area contributed by atoms with Gasteiger partial charge in [0.1, 0.15) is 0 Å². The molecule has 3 rings (SSSR count). The van der Waals surface area contributed by atoms with Crippen LogP contribution >= 0.6 is 22.7 Å². The molecule has 13 heavy (non-hydrogen) atoms. The third-order valence-corrected chi connectivity index (χ3v) is 4.39. The molecule has 1 aliphatic rings. The van der Waals surface area contributed by atoms with E-state index in [1.165, 1.54) is 25.8 Å². The number of rotatable bonds is 0. The minimum Gasteiger partial charge on any atom is -0.391 e. The molecule has 0 radical (unpaired) electrons. The number of aryl methyl sites for hydroxylation is 1. The van der Waals surface area contributed by atoms with Crippen LogP contribution in [0.2, 0.25) is 0 Å². The molecule has 3 heteroatoms. The highest BCUT2D eigenvalue weighted by Crippen LogP contribution is 2.45. The molecule has 0 atom stereocenters. The van der Waals surface area contributed by atoms with Gasteiger partial charge < -0.3 is 5.73 Å². The normalized spacial score (nSPS) is 13.0. The van der Waals surface area contributed by atoms with Crippen LogP contribution in [0.4, 0.5) is 5.00 Å². The Kier molecular flexibility index (Phi) is 1.38. The number of thiophene rings is 2. The second kappa shape index (κ2) is 2.36. The van der Waals surface area contributed by atoms with Crippen molar-refractivity contribution in [3.05, 3.63) is 26.8 Å². The standard InChI is InChI=1S/C10H9NS2/c1-5-2-6-7-3-10(11)13-9(7)4-8(6)12-5/h2-3H,4,11H2,1H3. The minimum absolute atomic E-state index is 0.944. The number of fused-ring (bicyclic) bond motifs is 3. The Hall–Kier alpha value is -0.800. The lowest BCUT2D eigenvalue weighted by atomic mass is 10.2. The monoisotopic (exact) mass is 207 g/mol. The Morgan fingerprint density at radius 3 is 2.69 bits per heavy atom. The van der Waals surface area contributed by atoms with Crippen molar-refractivity contribution in [1.29, 1.82) is 0 Å². The van der Waals surface area contributed by atoms with Crippen molar-refractivity contribution in [3.8, 4) is 11.1 Å². The fourth-order valence-corrected chi connectivity index (χ4v) is 3.99. The Bertz CT molecular complexity index is 435. The second-order valence-electron chi connectivity index (χ2n) is 3.36. The zero-order valence-electron chi connectivity index (χ0n) is 7.26. The topological polar surface area (TPSA) is 26.0 Å². The van der Waals surface area contributed by atoms with E-state index in [1.54, 1.807) is 11.3 Å². The summed E-state index contributed by atoms with van der Waals surface area (Å²) in [6, 6.07) is 4.38. The summed E-state index contributed by atoms with van der Waals surface area (Å²) in [5.74, 6) is 0. The van der Waals surface area contributed by atoms with E-state index in [4.69, 9.17) is 5.73 Å². The van der Waals surface area contributed by atoms with E-state index in [9.17, 15) is 0 Å². The molecule has 2 N–H and O–H groups in total. The fraction of sp³-hybridized carbons (Fsp3) is 0.200. The van der Waals surface area contributed by atoms with Gasteiger partial charge in [-0.05, 0) is 30.2 Å². The molecule has 2 aromatic heterocycles. The van der Waals surface area contributed by atoms with E-state index in [0.717, 1.165) is 11.4 Å². The Morgan fingerprint density at radius 1 is 1.15 bits per heavy atom. The van der Waals surface area contributed by atoms with Gasteiger partial charge in [0.15, 0.2) is 0 Å². The summed E-state index contributed by atoms with van der Waals surface area (Å²) < 4.78 is 0. The molecular weight excluding hydrogens is 198 g/mol. The summed E-state index contributed by atoms with van der Waals surface area (Å²) in [6.45, 7) is 2.17. The molecular formula is C10H9NS2. The van der Waals surface area contributed by atoms with E-state index in [2.05, 4.69) is 19.1 Å². The first-order chi connectivity index (χ1) is 6.24. The molecule has 2 heterocycles. The van der Waals surface area contributed by atoms with Crippen LogP contribution in [-0.4, -0.2) is 0 Å². The molecule has 2 aromatic rings. The van der Waals surface area contributed by atoms with Crippen LogP contribution in [0.1, 0.15) is 14.6 Å². The van der Waals surface area contributed by atoms with Crippen molar-refractivity contribution in [2.75, 3.05) is 5.73 Å². The average molecular weight is 207 g/mol. The highest BCUT2D eigenvalue weighted by atomic mass is 32.1. The van der Waals surface area contributed by atoms with E-state index in [-0.39, 0.29) is 0 Å². The zero-order valence-corrected chi connectivity index (χ0v) is 8.89. The lowest BCUT2D eigenvalue weighted by Crippen LogP contribution is -1.75. The molecule has 1 aliphatic carbocycles. The predicted octanol–water partition coefficient (Wildman–Crippen LogP) is 3.27. The van der Waals surface area contributed by atoms with Crippen LogP contribution in [-0.2, 0) is 6.42 Å². The molecule has 0 aliphatic heterocycles. The zero-order chi connectivity index (χ0) is 9.00. The molecule has 0 spiro atoms. The van der Waals surface area contributed by atoms with Crippen molar-refractivity contribution >= 4 is 27.7 Å². The Morgan fingerprint density at radius 2 is 1.85 bits per heavy atom. The van der Waals surface area contributed by atoms with Crippen LogP contribution in [0.15, 0.2) is 12.1 Å². The predicted molar refractivity (Wildman–Crippen MR) is 59.6 cm³/mol. The van der Waals surface area contributed by atoms with Gasteiger partial charge in [-0.25, -0.2) is 0 Å². The maximum atomic E-state index is 5.77. The lowest BCUT2D eigenvalue weighted by molar-refractivity contribution is 1.38. The largest absolute Gasteiger partial charge is 0.391 e. The van der Waals surface area contributed by atoms with Crippen molar-refractivity contribution < 1.29 is 0 Å². The molecule has 0 saturated heterocycles. The maximum absolute atomic E-state index is 5.77. The second-order valence-corrected chi connectivity index (χ2v) is 5.87. The van der Waals surface area contributed by atoms with E-state index < -0.39 is 0 Å². The third kappa shape index (κ3) is 0.974. The van der Waals surface area contributed by atoms with E-state index in [1.807, 2.05) is 11.3 Å². The summed E-state index contributed by atoms with van der Waals surface area (Å²) >= 11 is 3.64. The smallest absolute Gasteiger partial charge is 0.0865 e. The molecule has 0 bridgehead atoms. The summed E-state index contributed by atoms with van der Waals surface area (Å²) in [4.78, 5) is 4.36. The van der Waals surface area contributed by atoms with Gasteiger partial charge in [0.2, 0.25) is 0 Å². The van der Waals surface area contributed by atoms with Gasteiger partial charge in [-0.1, -0.05) is 0 Å². The first kappa shape index (κ1) is 7.59. The highest BCUT2D eigenvalue weighted by molar-refractivity contribution is 7.17. The van der Waals surface area contributed by atoms with Crippen molar-refractivity contribution in [2.45, 2.75) is 13.3 Å². The lowest BCUT2D eigenvalue weighted by Gasteiger charge is -1.86. The van der Waals surface area contributed by atoms with Crippen LogP contribution in [0.5, 0.6) is 0 Å². The fourth-order valence-electron chi connectivity index (χ4n) is 1.88. The third-order valence-electron chi connectivity index (χ3n) is 2.37.